The maximum atomic E-state index is 14.0. The molecule has 3 aromatic rings. The molecule has 2 aromatic carbocycles. The van der Waals surface area contributed by atoms with E-state index in [1.54, 1.807) is 17.4 Å². The number of hydrogen-bond acceptors (Lipinski definition) is 2. The highest BCUT2D eigenvalue weighted by Crippen LogP contribution is 2.36. The lowest BCUT2D eigenvalue weighted by Gasteiger charge is -2.20. The summed E-state index contributed by atoms with van der Waals surface area (Å²) in [6.45, 7) is 2.93. The molecular formula is C17H15BrFNS. The fourth-order valence-electron chi connectivity index (χ4n) is 2.60. The van der Waals surface area contributed by atoms with Crippen LogP contribution in [-0.2, 0) is 0 Å². The number of halogens is 2. The number of hydrogen-bond donors (Lipinski definition) is 1. The van der Waals surface area contributed by atoms with Crippen LogP contribution in [0, 0.1) is 5.82 Å². The van der Waals surface area contributed by atoms with E-state index < -0.39 is 0 Å². The van der Waals surface area contributed by atoms with Crippen molar-refractivity contribution >= 4 is 38.0 Å². The molecule has 1 aromatic heterocycles. The highest BCUT2D eigenvalue weighted by Gasteiger charge is 2.20. The van der Waals surface area contributed by atoms with Crippen LogP contribution in [0.1, 0.15) is 23.4 Å². The van der Waals surface area contributed by atoms with Gasteiger partial charge in [-0.3, -0.25) is 0 Å². The highest BCUT2D eigenvalue weighted by molar-refractivity contribution is 9.10. The number of benzene rings is 2. The first kappa shape index (κ1) is 14.7. The van der Waals surface area contributed by atoms with Gasteiger partial charge in [-0.25, -0.2) is 4.39 Å². The van der Waals surface area contributed by atoms with Crippen LogP contribution in [0.25, 0.3) is 10.8 Å². The van der Waals surface area contributed by atoms with E-state index in [0.29, 0.717) is 5.39 Å². The zero-order valence-electron chi connectivity index (χ0n) is 11.6. The van der Waals surface area contributed by atoms with Gasteiger partial charge in [0, 0.05) is 14.7 Å². The van der Waals surface area contributed by atoms with Gasteiger partial charge in [-0.2, -0.15) is 0 Å². The molecule has 4 heteroatoms. The first-order valence-corrected chi connectivity index (χ1v) is 8.53. The molecule has 3 rings (SSSR count). The molecule has 0 aliphatic carbocycles. The molecule has 1 nitrogen and oxygen atoms in total. The lowest BCUT2D eigenvalue weighted by molar-refractivity contribution is 0.628. The minimum Gasteiger partial charge on any atom is -0.306 e. The molecule has 0 spiro atoms. The Morgan fingerprint density at radius 3 is 2.57 bits per heavy atom. The Morgan fingerprint density at radius 1 is 1.14 bits per heavy atom. The largest absolute Gasteiger partial charge is 0.306 e. The SMILES string of the molecule is CCNC(c1sccc1Br)c1ccc(F)c2ccccc12. The molecule has 0 bridgehead atoms. The Labute approximate surface area is 135 Å². The van der Waals surface area contributed by atoms with E-state index in [0.717, 1.165) is 22.0 Å². The van der Waals surface area contributed by atoms with Crippen LogP contribution in [0.5, 0.6) is 0 Å². The molecular weight excluding hydrogens is 349 g/mol. The summed E-state index contributed by atoms with van der Waals surface area (Å²) >= 11 is 5.31. The third-order valence-electron chi connectivity index (χ3n) is 3.53. The fraction of sp³-hybridized carbons (Fsp3) is 0.176. The molecule has 21 heavy (non-hydrogen) atoms. The first-order chi connectivity index (χ1) is 10.2. The number of rotatable bonds is 4. The van der Waals surface area contributed by atoms with Gasteiger partial charge in [0.25, 0.3) is 0 Å². The second-order valence-electron chi connectivity index (χ2n) is 4.81. The van der Waals surface area contributed by atoms with Gasteiger partial charge in [-0.1, -0.05) is 37.3 Å². The van der Waals surface area contributed by atoms with Crippen molar-refractivity contribution < 1.29 is 4.39 Å². The average Bonchev–Trinajstić information content (AvgIpc) is 2.92. The van der Waals surface area contributed by atoms with Crippen molar-refractivity contribution in [1.29, 1.82) is 0 Å². The summed E-state index contributed by atoms with van der Waals surface area (Å²) in [5.41, 5.74) is 1.11. The van der Waals surface area contributed by atoms with E-state index in [9.17, 15) is 4.39 Å². The Kier molecular flexibility index (Phi) is 4.38. The van der Waals surface area contributed by atoms with Crippen molar-refractivity contribution in [2.75, 3.05) is 6.54 Å². The fourth-order valence-corrected chi connectivity index (χ4v) is 4.29. The molecule has 1 unspecified atom stereocenters. The molecule has 1 heterocycles. The first-order valence-electron chi connectivity index (χ1n) is 6.85. The average molecular weight is 364 g/mol. The summed E-state index contributed by atoms with van der Waals surface area (Å²) in [6, 6.07) is 13.2. The standard InChI is InChI=1S/C17H15BrFNS/c1-2-20-16(17-14(18)9-10-21-17)13-7-8-15(19)12-6-4-3-5-11(12)13/h3-10,16,20H,2H2,1H3. The summed E-state index contributed by atoms with van der Waals surface area (Å²) in [6.07, 6.45) is 0. The molecule has 1 N–H and O–H groups in total. The van der Waals surface area contributed by atoms with E-state index in [1.807, 2.05) is 30.3 Å². The summed E-state index contributed by atoms with van der Waals surface area (Å²) < 4.78 is 15.1. The van der Waals surface area contributed by atoms with Crippen molar-refractivity contribution in [3.05, 3.63) is 68.6 Å². The van der Waals surface area contributed by atoms with Crippen molar-refractivity contribution in [3.63, 3.8) is 0 Å². The second kappa shape index (κ2) is 6.26. The molecule has 0 radical (unpaired) electrons. The lowest BCUT2D eigenvalue weighted by Crippen LogP contribution is -2.21. The van der Waals surface area contributed by atoms with Gasteiger partial charge < -0.3 is 5.32 Å². The van der Waals surface area contributed by atoms with Crippen molar-refractivity contribution in [3.8, 4) is 0 Å². The molecule has 1 atom stereocenters. The summed E-state index contributed by atoms with van der Waals surface area (Å²) in [5, 5.41) is 7.21. The molecule has 0 saturated heterocycles. The summed E-state index contributed by atoms with van der Waals surface area (Å²) in [4.78, 5) is 1.22. The minimum atomic E-state index is -0.171. The van der Waals surface area contributed by atoms with Gasteiger partial charge in [0.1, 0.15) is 5.82 Å². The quantitative estimate of drug-likeness (QED) is 0.644. The van der Waals surface area contributed by atoms with Crippen LogP contribution in [0.4, 0.5) is 4.39 Å². The van der Waals surface area contributed by atoms with Crippen molar-refractivity contribution in [2.45, 2.75) is 13.0 Å². The monoisotopic (exact) mass is 363 g/mol. The predicted octanol–water partition coefficient (Wildman–Crippen LogP) is 5.50. The summed E-state index contributed by atoms with van der Waals surface area (Å²) in [7, 11) is 0. The zero-order valence-corrected chi connectivity index (χ0v) is 14.0. The molecule has 0 amide bonds. The normalized spacial score (nSPS) is 12.7. The second-order valence-corrected chi connectivity index (χ2v) is 6.61. The summed E-state index contributed by atoms with van der Waals surface area (Å²) in [5.74, 6) is -0.171. The molecule has 108 valence electrons. The maximum absolute atomic E-state index is 14.0. The van der Waals surface area contributed by atoms with E-state index in [2.05, 4.69) is 39.6 Å². The van der Waals surface area contributed by atoms with Gasteiger partial charge in [0.2, 0.25) is 0 Å². The number of fused-ring (bicyclic) bond motifs is 1. The van der Waals surface area contributed by atoms with E-state index in [-0.39, 0.29) is 11.9 Å². The van der Waals surface area contributed by atoms with Gasteiger partial charge in [0.05, 0.1) is 6.04 Å². The van der Waals surface area contributed by atoms with Crippen molar-refractivity contribution in [1.82, 2.24) is 5.32 Å². The predicted molar refractivity (Wildman–Crippen MR) is 91.4 cm³/mol. The van der Waals surface area contributed by atoms with E-state index in [1.165, 1.54) is 4.88 Å². The van der Waals surface area contributed by atoms with Crippen molar-refractivity contribution in [2.24, 2.45) is 0 Å². The smallest absolute Gasteiger partial charge is 0.131 e. The minimum absolute atomic E-state index is 0.0647. The molecule has 0 saturated carbocycles. The van der Waals surface area contributed by atoms with Gasteiger partial charge >= 0.3 is 0 Å². The molecule has 0 aliphatic rings. The van der Waals surface area contributed by atoms with Crippen LogP contribution in [0.2, 0.25) is 0 Å². The van der Waals surface area contributed by atoms with Crippen LogP contribution in [0.3, 0.4) is 0 Å². The number of thiophene rings is 1. The van der Waals surface area contributed by atoms with Crippen LogP contribution >= 0.6 is 27.3 Å². The Balaban J connectivity index is 2.21. The van der Waals surface area contributed by atoms with E-state index >= 15 is 0 Å². The van der Waals surface area contributed by atoms with Crippen LogP contribution in [0.15, 0.2) is 52.3 Å². The third kappa shape index (κ3) is 2.76. The third-order valence-corrected chi connectivity index (χ3v) is 5.47. The Morgan fingerprint density at radius 2 is 1.90 bits per heavy atom. The Bertz CT molecular complexity index is 768. The maximum Gasteiger partial charge on any atom is 0.131 e. The highest BCUT2D eigenvalue weighted by atomic mass is 79.9. The van der Waals surface area contributed by atoms with Gasteiger partial charge in [-0.05, 0) is 50.9 Å². The van der Waals surface area contributed by atoms with Gasteiger partial charge in [-0.15, -0.1) is 11.3 Å². The Hall–Kier alpha value is -1.23. The zero-order chi connectivity index (χ0) is 14.8. The lowest BCUT2D eigenvalue weighted by atomic mass is 9.97. The number of nitrogens with one attached hydrogen (secondary N) is 1. The van der Waals surface area contributed by atoms with Crippen LogP contribution < -0.4 is 5.32 Å². The van der Waals surface area contributed by atoms with Crippen LogP contribution in [-0.4, -0.2) is 6.54 Å². The molecule has 0 aliphatic heterocycles. The van der Waals surface area contributed by atoms with Gasteiger partial charge in [0.15, 0.2) is 0 Å². The van der Waals surface area contributed by atoms with E-state index in [4.69, 9.17) is 0 Å². The topological polar surface area (TPSA) is 12.0 Å². The molecule has 0 fully saturated rings.